The van der Waals surface area contributed by atoms with Crippen LogP contribution < -0.4 is 5.01 Å². The Morgan fingerprint density at radius 1 is 0.516 bits per heavy atom. The molecular formula is C27H20ClN3. The van der Waals surface area contributed by atoms with Gasteiger partial charge in [0.05, 0.1) is 23.2 Å². The van der Waals surface area contributed by atoms with Crippen LogP contribution in [0, 0.1) is 0 Å². The highest BCUT2D eigenvalue weighted by Crippen LogP contribution is 2.40. The highest BCUT2D eigenvalue weighted by atomic mass is 35.5. The molecule has 0 N–H and O–H groups in total. The molecule has 0 unspecified atom stereocenters. The number of hydrogen-bond acceptors (Lipinski definition) is 3. The third-order valence-corrected chi connectivity index (χ3v) is 5.42. The number of para-hydroxylation sites is 1. The quantitative estimate of drug-likeness (QED) is 0.335. The van der Waals surface area contributed by atoms with Gasteiger partial charge in [0.1, 0.15) is 5.71 Å². The average Bonchev–Trinajstić information content (AvgIpc) is 2.85. The van der Waals surface area contributed by atoms with Gasteiger partial charge in [-0.1, -0.05) is 109 Å². The summed E-state index contributed by atoms with van der Waals surface area (Å²) in [5.41, 5.74) is 6.90. The molecule has 31 heavy (non-hydrogen) atoms. The molecule has 0 radical (unpaired) electrons. The van der Waals surface area contributed by atoms with E-state index in [0.717, 1.165) is 39.4 Å². The van der Waals surface area contributed by atoms with Crippen molar-refractivity contribution >= 4 is 34.4 Å². The summed E-state index contributed by atoms with van der Waals surface area (Å²) in [5.74, 6) is 0. The number of hydrazone groups is 1. The molecule has 0 saturated carbocycles. The normalized spacial score (nSPS) is 13.9. The maximum atomic E-state index is 6.80. The minimum absolute atomic E-state index is 0.827. The topological polar surface area (TPSA) is 18.8 Å². The van der Waals surface area contributed by atoms with Crippen LogP contribution in [0.5, 0.6) is 0 Å². The number of nitrogens with zero attached hydrogens (tertiary/aromatic N) is 3. The molecule has 150 valence electrons. The summed E-state index contributed by atoms with van der Waals surface area (Å²) in [5, 5.41) is 6.78. The van der Waals surface area contributed by atoms with E-state index in [0.29, 0.717) is 0 Å². The molecule has 4 aromatic rings. The van der Waals surface area contributed by atoms with Crippen LogP contribution in [0.1, 0.15) is 16.7 Å². The van der Waals surface area contributed by atoms with Gasteiger partial charge in [-0.3, -0.25) is 0 Å². The molecule has 1 aliphatic heterocycles. The summed E-state index contributed by atoms with van der Waals surface area (Å²) in [6.45, 7) is 0. The maximum absolute atomic E-state index is 6.80. The monoisotopic (exact) mass is 421 g/mol. The van der Waals surface area contributed by atoms with Gasteiger partial charge in [-0.2, -0.15) is 0 Å². The van der Waals surface area contributed by atoms with E-state index in [1.165, 1.54) is 4.64 Å². The van der Waals surface area contributed by atoms with E-state index < -0.39 is 0 Å². The van der Waals surface area contributed by atoms with Crippen molar-refractivity contribution in [3.8, 4) is 0 Å². The number of hydrazine groups is 1. The van der Waals surface area contributed by atoms with Crippen molar-refractivity contribution in [1.29, 1.82) is 0 Å². The Balaban J connectivity index is 1.85. The lowest BCUT2D eigenvalue weighted by Gasteiger charge is -2.37. The SMILES string of the molecule is ClN1N=C(c2ccccc2)C(c2ccccc2)=C(c2ccccc2)N1c1ccccc1. The predicted octanol–water partition coefficient (Wildman–Crippen LogP) is 6.85. The first kappa shape index (κ1) is 19.2. The minimum atomic E-state index is 0.827. The zero-order valence-corrected chi connectivity index (χ0v) is 17.5. The fourth-order valence-corrected chi connectivity index (χ4v) is 4.05. The fraction of sp³-hybridized carbons (Fsp3) is 0. The average molecular weight is 422 g/mol. The largest absolute Gasteiger partial charge is 0.221 e. The molecule has 0 bridgehead atoms. The zero-order valence-electron chi connectivity index (χ0n) is 16.8. The molecule has 4 aromatic carbocycles. The lowest BCUT2D eigenvalue weighted by molar-refractivity contribution is 0.497. The molecule has 0 atom stereocenters. The molecule has 0 aromatic heterocycles. The van der Waals surface area contributed by atoms with E-state index >= 15 is 0 Å². The van der Waals surface area contributed by atoms with Crippen LogP contribution in [0.3, 0.4) is 0 Å². The Hall–Kier alpha value is -3.82. The first-order valence-corrected chi connectivity index (χ1v) is 10.5. The Morgan fingerprint density at radius 3 is 1.52 bits per heavy atom. The van der Waals surface area contributed by atoms with Gasteiger partial charge in [0, 0.05) is 16.7 Å². The molecule has 0 amide bonds. The molecular weight excluding hydrogens is 402 g/mol. The molecule has 0 aliphatic carbocycles. The van der Waals surface area contributed by atoms with Gasteiger partial charge in [0.25, 0.3) is 0 Å². The summed E-state index contributed by atoms with van der Waals surface area (Å²) >= 11 is 6.80. The van der Waals surface area contributed by atoms with Gasteiger partial charge in [-0.15, -0.1) is 9.74 Å². The van der Waals surface area contributed by atoms with Crippen molar-refractivity contribution in [1.82, 2.24) is 4.64 Å². The molecule has 0 spiro atoms. The van der Waals surface area contributed by atoms with Crippen molar-refractivity contribution in [2.75, 3.05) is 5.01 Å². The van der Waals surface area contributed by atoms with Crippen LogP contribution in [0.2, 0.25) is 0 Å². The Morgan fingerprint density at radius 2 is 0.968 bits per heavy atom. The van der Waals surface area contributed by atoms with Crippen molar-refractivity contribution in [3.05, 3.63) is 138 Å². The van der Waals surface area contributed by atoms with Gasteiger partial charge >= 0.3 is 0 Å². The molecule has 1 heterocycles. The lowest BCUT2D eigenvalue weighted by Crippen LogP contribution is -2.37. The van der Waals surface area contributed by atoms with Crippen LogP contribution in [0.4, 0.5) is 5.69 Å². The van der Waals surface area contributed by atoms with Gasteiger partial charge in [0.2, 0.25) is 0 Å². The molecule has 0 saturated heterocycles. The van der Waals surface area contributed by atoms with E-state index in [4.69, 9.17) is 16.9 Å². The molecule has 4 heteroatoms. The van der Waals surface area contributed by atoms with Gasteiger partial charge in [-0.05, 0) is 17.7 Å². The van der Waals surface area contributed by atoms with E-state index in [1.54, 1.807) is 0 Å². The number of hydrogen-bond donors (Lipinski definition) is 0. The first-order chi connectivity index (χ1) is 15.3. The van der Waals surface area contributed by atoms with Crippen molar-refractivity contribution in [2.24, 2.45) is 5.10 Å². The number of rotatable bonds is 4. The summed E-state index contributed by atoms with van der Waals surface area (Å²) in [4.78, 5) is 0. The van der Waals surface area contributed by atoms with E-state index in [-0.39, 0.29) is 0 Å². The molecule has 1 aliphatic rings. The highest BCUT2D eigenvalue weighted by molar-refractivity contribution is 6.39. The fourth-order valence-electron chi connectivity index (χ4n) is 3.81. The third-order valence-electron chi connectivity index (χ3n) is 5.19. The van der Waals surface area contributed by atoms with Crippen LogP contribution in [0.25, 0.3) is 11.3 Å². The third kappa shape index (κ3) is 3.72. The number of benzene rings is 4. The Bertz CT molecular complexity index is 1220. The predicted molar refractivity (Wildman–Crippen MR) is 129 cm³/mol. The molecule has 5 rings (SSSR count). The van der Waals surface area contributed by atoms with Crippen molar-refractivity contribution < 1.29 is 0 Å². The van der Waals surface area contributed by atoms with E-state index in [9.17, 15) is 0 Å². The first-order valence-electron chi connectivity index (χ1n) is 10.1. The highest BCUT2D eigenvalue weighted by Gasteiger charge is 2.32. The summed E-state index contributed by atoms with van der Waals surface area (Å²) in [7, 11) is 0. The summed E-state index contributed by atoms with van der Waals surface area (Å²) in [6, 6.07) is 40.9. The summed E-state index contributed by atoms with van der Waals surface area (Å²) in [6.07, 6.45) is 0. The van der Waals surface area contributed by atoms with Gasteiger partial charge in [0.15, 0.2) is 0 Å². The van der Waals surface area contributed by atoms with Crippen LogP contribution >= 0.6 is 11.8 Å². The second-order valence-corrected chi connectivity index (χ2v) is 7.46. The van der Waals surface area contributed by atoms with E-state index in [2.05, 4.69) is 36.4 Å². The molecule has 3 nitrogen and oxygen atoms in total. The minimum Gasteiger partial charge on any atom is -0.221 e. The second kappa shape index (κ2) is 8.50. The van der Waals surface area contributed by atoms with Crippen molar-refractivity contribution in [3.63, 3.8) is 0 Å². The smallest absolute Gasteiger partial charge is 0.104 e. The Labute approximate surface area is 187 Å². The van der Waals surface area contributed by atoms with Crippen LogP contribution in [-0.2, 0) is 0 Å². The van der Waals surface area contributed by atoms with Gasteiger partial charge < -0.3 is 0 Å². The Kier molecular flexibility index (Phi) is 5.26. The van der Waals surface area contributed by atoms with Crippen LogP contribution in [0.15, 0.2) is 126 Å². The second-order valence-electron chi connectivity index (χ2n) is 7.16. The van der Waals surface area contributed by atoms with Crippen LogP contribution in [-0.4, -0.2) is 10.3 Å². The number of allylic oxidation sites excluding steroid dienone is 1. The lowest BCUT2D eigenvalue weighted by atomic mass is 9.91. The van der Waals surface area contributed by atoms with Gasteiger partial charge in [-0.25, -0.2) is 5.01 Å². The number of anilines is 1. The number of halogens is 1. The standard InChI is InChI=1S/C27H20ClN3/c28-31-29-26(22-15-7-2-8-16-22)25(21-13-5-1-6-14-21)27(23-17-9-3-10-18-23)30(31)24-19-11-4-12-20-24/h1-20H. The maximum Gasteiger partial charge on any atom is 0.104 e. The van der Waals surface area contributed by atoms with E-state index in [1.807, 2.05) is 89.9 Å². The zero-order chi connectivity index (χ0) is 21.0. The van der Waals surface area contributed by atoms with Crippen molar-refractivity contribution in [2.45, 2.75) is 0 Å². The summed E-state index contributed by atoms with van der Waals surface area (Å²) < 4.78 is 1.41. The molecule has 0 fully saturated rings.